The van der Waals surface area contributed by atoms with E-state index in [2.05, 4.69) is 13.8 Å². The second-order valence-electron chi connectivity index (χ2n) is 1.26. The van der Waals surface area contributed by atoms with E-state index in [9.17, 15) is 0 Å². The van der Waals surface area contributed by atoms with E-state index in [4.69, 9.17) is 13.3 Å². The molecule has 0 aliphatic carbocycles. The molecule has 0 rings (SSSR count). The molecule has 0 unspecified atom stereocenters. The summed E-state index contributed by atoms with van der Waals surface area (Å²) in [5, 5.41) is 0. The van der Waals surface area contributed by atoms with Crippen molar-refractivity contribution in [3.05, 3.63) is 13.8 Å². The zero-order valence-electron chi connectivity index (χ0n) is 5.58. The Morgan fingerprint density at radius 1 is 1.20 bits per heavy atom. The molecule has 10 heavy (non-hydrogen) atoms. The molecule has 0 spiro atoms. The summed E-state index contributed by atoms with van der Waals surface area (Å²) in [6, 6.07) is 0. The Bertz CT molecular complexity index is 63.9. The maximum absolute atomic E-state index is 8.44. The molecule has 5 heteroatoms. The van der Waals surface area contributed by atoms with Crippen LogP contribution in [-0.4, -0.2) is 13.3 Å². The van der Waals surface area contributed by atoms with E-state index in [1.165, 1.54) is 6.42 Å². The molecule has 0 saturated heterocycles. The Morgan fingerprint density at radius 3 is 1.40 bits per heavy atom. The fraction of sp³-hybridized carbons (Fsp3) is 0.600. The van der Waals surface area contributed by atoms with Crippen LogP contribution in [0.15, 0.2) is 0 Å². The number of hydrogen-bond donors (Lipinski definition) is 0. The van der Waals surface area contributed by atoms with Crippen LogP contribution in [0.25, 0.3) is 0 Å². The minimum atomic E-state index is -3.11. The van der Waals surface area contributed by atoms with Gasteiger partial charge in [0.1, 0.15) is 0 Å². The Balaban J connectivity index is -0.0000000910. The molecule has 60 valence electrons. The zero-order valence-corrected chi connectivity index (χ0v) is 8.40. The van der Waals surface area contributed by atoms with Crippen LogP contribution in [0, 0.1) is 13.8 Å². The molecule has 0 heterocycles. The zero-order chi connectivity index (χ0) is 7.70. The topological polar surface area (TPSA) is 63.2 Å². The minimum absolute atomic E-state index is 0. The van der Waals surface area contributed by atoms with Crippen molar-refractivity contribution in [2.24, 2.45) is 0 Å². The third kappa shape index (κ3) is 69.3. The molecular weight excluding hydrogens is 236 g/mol. The van der Waals surface area contributed by atoms with Gasteiger partial charge in [0.25, 0.3) is 0 Å². The van der Waals surface area contributed by atoms with Gasteiger partial charge in [-0.15, -0.1) is 17.8 Å². The molecule has 0 atom stereocenters. The van der Waals surface area contributed by atoms with Gasteiger partial charge in [0.2, 0.25) is 0 Å². The maximum Gasteiger partial charge on any atom is 4.00 e. The van der Waals surface area contributed by atoms with Crippen LogP contribution in [0.5, 0.6) is 0 Å². The van der Waals surface area contributed by atoms with Crippen LogP contribution in [0.2, 0.25) is 0 Å². The molecule has 0 aliphatic rings. The first-order valence-electron chi connectivity index (χ1n) is 2.50. The van der Waals surface area contributed by atoms with Crippen molar-refractivity contribution in [3.8, 4) is 0 Å². The summed E-state index contributed by atoms with van der Waals surface area (Å²) < 4.78 is 25.3. The van der Waals surface area contributed by atoms with Gasteiger partial charge in [0.15, 0.2) is 0 Å². The van der Waals surface area contributed by atoms with E-state index >= 15 is 0 Å². The summed E-state index contributed by atoms with van der Waals surface area (Å²) in [4.78, 5) is 0. The fourth-order valence-corrected chi connectivity index (χ4v) is 0.177. The van der Waals surface area contributed by atoms with Gasteiger partial charge in [-0.05, 0) is 0 Å². The first kappa shape index (κ1) is 17.0. The summed E-state index contributed by atoms with van der Waals surface area (Å²) in [7, 11) is 0. The van der Waals surface area contributed by atoms with Gasteiger partial charge >= 0.3 is 21.1 Å². The average Bonchev–Trinajstić information content (AvgIpc) is 1.66. The Hall–Kier alpha value is 0.758. The van der Waals surface area contributed by atoms with Gasteiger partial charge in [-0.25, -0.2) is 0 Å². The van der Waals surface area contributed by atoms with E-state index < -0.39 is 11.4 Å². The molecule has 0 aliphatic heterocycles. The van der Waals surface area contributed by atoms with Crippen LogP contribution >= 0.6 is 0 Å². The van der Waals surface area contributed by atoms with Crippen molar-refractivity contribution in [3.63, 3.8) is 0 Å². The predicted molar refractivity (Wildman–Crippen MR) is 34.3 cm³/mol. The van der Waals surface area contributed by atoms with Crippen LogP contribution < -0.4 is 0 Å². The molecule has 0 aromatic carbocycles. The molecule has 0 fully saturated rings. The van der Waals surface area contributed by atoms with Crippen molar-refractivity contribution in [2.45, 2.75) is 19.3 Å². The third-order valence-corrected chi connectivity index (χ3v) is 0.500. The van der Waals surface area contributed by atoms with Crippen molar-refractivity contribution < 1.29 is 34.4 Å². The van der Waals surface area contributed by atoms with Crippen LogP contribution in [0.4, 0.5) is 0 Å². The van der Waals surface area contributed by atoms with Crippen molar-refractivity contribution >= 4 is 11.4 Å². The van der Waals surface area contributed by atoms with Gasteiger partial charge < -0.3 is 23.0 Å². The summed E-state index contributed by atoms with van der Waals surface area (Å²) in [5.41, 5.74) is 0. The number of unbranched alkanes of at least 4 members (excludes halogenated alkanes) is 2. The van der Waals surface area contributed by atoms with Crippen molar-refractivity contribution in [1.82, 2.24) is 0 Å². The molecule has 0 bridgehead atoms. The quantitative estimate of drug-likeness (QED) is 0.411. The van der Waals surface area contributed by atoms with E-state index in [1.807, 2.05) is 0 Å². The summed E-state index contributed by atoms with van der Waals surface area (Å²) >= 11 is -3.11. The molecule has 0 radical (unpaired) electrons. The van der Waals surface area contributed by atoms with Crippen LogP contribution in [0.1, 0.15) is 19.3 Å². The Labute approximate surface area is 79.0 Å². The SMILES string of the molecule is O=S([O-])[O-].[CH2-]CCC[CH2-].[Mo+4]. The normalized spacial score (nSPS) is 7.70. The standard InChI is InChI=1S/C5H10.Mo.H2O3S/c1-3-5-4-2;;1-4(2)3/h1-5H2;;(H2,1,2,3)/q-2;+4;/p-2. The molecule has 0 N–H and O–H groups in total. The fourth-order valence-electron chi connectivity index (χ4n) is 0.177. The first-order chi connectivity index (χ1) is 4.15. The van der Waals surface area contributed by atoms with E-state index in [-0.39, 0.29) is 21.1 Å². The van der Waals surface area contributed by atoms with Crippen LogP contribution in [0.3, 0.4) is 0 Å². The number of hydrogen-bond acceptors (Lipinski definition) is 3. The monoisotopic (exact) mass is 248 g/mol. The Morgan fingerprint density at radius 2 is 1.40 bits per heavy atom. The molecule has 0 saturated carbocycles. The van der Waals surface area contributed by atoms with Gasteiger partial charge in [0.05, 0.1) is 0 Å². The molecular formula is C5H10MoO3S. The minimum Gasteiger partial charge on any atom is -0.784 e. The summed E-state index contributed by atoms with van der Waals surface area (Å²) in [5.74, 6) is 0. The first-order valence-corrected chi connectivity index (χ1v) is 3.50. The van der Waals surface area contributed by atoms with Crippen molar-refractivity contribution in [1.29, 1.82) is 0 Å². The van der Waals surface area contributed by atoms with Gasteiger partial charge in [-0.1, -0.05) is 0 Å². The van der Waals surface area contributed by atoms with Crippen LogP contribution in [-0.2, 0) is 32.4 Å². The molecule has 0 aromatic rings. The van der Waals surface area contributed by atoms with Gasteiger partial charge in [0, 0.05) is 0 Å². The second-order valence-corrected chi connectivity index (χ2v) is 1.67. The average molecular weight is 246 g/mol. The largest absolute Gasteiger partial charge is 4.00 e. The predicted octanol–water partition coefficient (Wildman–Crippen LogP) is 0.818. The van der Waals surface area contributed by atoms with E-state index in [1.54, 1.807) is 0 Å². The smallest absolute Gasteiger partial charge is 0.784 e. The van der Waals surface area contributed by atoms with Gasteiger partial charge in [-0.2, -0.15) is 12.8 Å². The molecule has 0 aromatic heterocycles. The number of rotatable bonds is 2. The third-order valence-electron chi connectivity index (χ3n) is 0.500. The maximum atomic E-state index is 8.44. The second kappa shape index (κ2) is 16.4. The van der Waals surface area contributed by atoms with Crippen molar-refractivity contribution in [2.75, 3.05) is 0 Å². The summed E-state index contributed by atoms with van der Waals surface area (Å²) in [6.45, 7) is 7.27. The molecule has 3 nitrogen and oxygen atoms in total. The summed E-state index contributed by atoms with van der Waals surface area (Å²) in [6.07, 6.45) is 3.23. The Kier molecular flexibility index (Phi) is 27.9. The van der Waals surface area contributed by atoms with Gasteiger partial charge in [-0.3, -0.25) is 4.21 Å². The molecule has 0 amide bonds. The van der Waals surface area contributed by atoms with E-state index in [0.717, 1.165) is 12.8 Å². The van der Waals surface area contributed by atoms with E-state index in [0.29, 0.717) is 0 Å².